The van der Waals surface area contributed by atoms with Crippen LogP contribution in [0.5, 0.6) is 0 Å². The molecule has 0 radical (unpaired) electrons. The highest BCUT2D eigenvalue weighted by Crippen LogP contribution is 2.20. The maximum absolute atomic E-state index is 12.8. The largest absolute Gasteiger partial charge is 0.309 e. The first kappa shape index (κ1) is 19.6. The Kier molecular flexibility index (Phi) is 5.80. The fourth-order valence-electron chi connectivity index (χ4n) is 2.82. The van der Waals surface area contributed by atoms with Gasteiger partial charge >= 0.3 is 0 Å². The van der Waals surface area contributed by atoms with Crippen LogP contribution in [-0.2, 0) is 10.0 Å². The average molecular weight is 394 g/mol. The van der Waals surface area contributed by atoms with Crippen LogP contribution < -0.4 is 9.62 Å². The Hall–Kier alpha value is -3.12. The molecule has 0 atom stereocenters. The van der Waals surface area contributed by atoms with Crippen molar-refractivity contribution in [2.24, 2.45) is 0 Å². The minimum absolute atomic E-state index is 0.104. The summed E-state index contributed by atoms with van der Waals surface area (Å²) in [7, 11) is -3.72. The molecule has 3 rings (SSSR count). The van der Waals surface area contributed by atoms with Crippen molar-refractivity contribution >= 4 is 27.3 Å². The summed E-state index contributed by atoms with van der Waals surface area (Å²) in [4.78, 5) is 14.6. The van der Waals surface area contributed by atoms with Gasteiger partial charge < -0.3 is 4.90 Å². The topological polar surface area (TPSA) is 66.5 Å². The van der Waals surface area contributed by atoms with Crippen LogP contribution in [0.4, 0.5) is 11.4 Å². The predicted molar refractivity (Wildman–Crippen MR) is 112 cm³/mol. The van der Waals surface area contributed by atoms with E-state index in [0.29, 0.717) is 17.8 Å². The molecule has 3 aromatic rings. The number of nitrogens with one attached hydrogen (secondary N) is 1. The van der Waals surface area contributed by atoms with Gasteiger partial charge in [-0.15, -0.1) is 0 Å². The van der Waals surface area contributed by atoms with Gasteiger partial charge in [0.2, 0.25) is 0 Å². The molecule has 0 aliphatic carbocycles. The van der Waals surface area contributed by atoms with Gasteiger partial charge in [-0.2, -0.15) is 0 Å². The monoisotopic (exact) mass is 394 g/mol. The maximum atomic E-state index is 12.8. The zero-order valence-corrected chi connectivity index (χ0v) is 16.6. The fraction of sp³-hybridized carbons (Fsp3) is 0.136. The molecular weight excluding hydrogens is 372 g/mol. The molecule has 28 heavy (non-hydrogen) atoms. The van der Waals surface area contributed by atoms with Gasteiger partial charge in [-0.05, 0) is 62.4 Å². The molecular formula is C22H22N2O3S. The third kappa shape index (κ3) is 4.40. The predicted octanol–water partition coefficient (Wildman–Crippen LogP) is 4.46. The van der Waals surface area contributed by atoms with Crippen LogP contribution in [0.15, 0.2) is 83.8 Å². The lowest BCUT2D eigenvalue weighted by Gasteiger charge is -2.21. The van der Waals surface area contributed by atoms with E-state index < -0.39 is 10.0 Å². The number of amides is 1. The van der Waals surface area contributed by atoms with Crippen LogP contribution in [0.1, 0.15) is 22.8 Å². The average Bonchev–Trinajstić information content (AvgIpc) is 2.71. The number of rotatable bonds is 6. The summed E-state index contributed by atoms with van der Waals surface area (Å²) < 4.78 is 27.7. The van der Waals surface area contributed by atoms with Gasteiger partial charge in [-0.1, -0.05) is 35.9 Å². The molecule has 6 heteroatoms. The van der Waals surface area contributed by atoms with E-state index in [4.69, 9.17) is 0 Å². The summed E-state index contributed by atoms with van der Waals surface area (Å²) in [5.41, 5.74) is 2.77. The summed E-state index contributed by atoms with van der Waals surface area (Å²) in [6.45, 7) is 4.34. The first-order valence-electron chi connectivity index (χ1n) is 8.97. The van der Waals surface area contributed by atoms with Crippen LogP contribution in [0.3, 0.4) is 0 Å². The quantitative estimate of drug-likeness (QED) is 0.671. The Bertz CT molecular complexity index is 1050. The van der Waals surface area contributed by atoms with Gasteiger partial charge in [-0.3, -0.25) is 9.52 Å². The van der Waals surface area contributed by atoms with E-state index in [1.165, 1.54) is 24.3 Å². The van der Waals surface area contributed by atoms with Crippen LogP contribution in [0.25, 0.3) is 0 Å². The zero-order valence-electron chi connectivity index (χ0n) is 15.8. The van der Waals surface area contributed by atoms with E-state index in [2.05, 4.69) is 4.72 Å². The SMILES string of the molecule is CCN(C(=O)c1ccc(S(=O)(=O)Nc2ccc(C)cc2)cc1)c1ccccc1. The van der Waals surface area contributed by atoms with Crippen molar-refractivity contribution < 1.29 is 13.2 Å². The first-order valence-corrected chi connectivity index (χ1v) is 10.5. The smallest absolute Gasteiger partial charge is 0.261 e. The van der Waals surface area contributed by atoms with Gasteiger partial charge in [0.25, 0.3) is 15.9 Å². The van der Waals surface area contributed by atoms with Gasteiger partial charge in [0, 0.05) is 23.5 Å². The summed E-state index contributed by atoms with van der Waals surface area (Å²) in [6.07, 6.45) is 0. The lowest BCUT2D eigenvalue weighted by Crippen LogP contribution is -2.30. The molecule has 0 unspecified atom stereocenters. The Labute approximate surface area is 165 Å². The Balaban J connectivity index is 1.80. The molecule has 0 spiro atoms. The number of sulfonamides is 1. The highest BCUT2D eigenvalue weighted by atomic mass is 32.2. The number of anilines is 2. The third-order valence-electron chi connectivity index (χ3n) is 4.34. The molecule has 0 bridgehead atoms. The van der Waals surface area contributed by atoms with Crippen LogP contribution in [0.2, 0.25) is 0 Å². The van der Waals surface area contributed by atoms with Crippen molar-refractivity contribution in [1.82, 2.24) is 0 Å². The maximum Gasteiger partial charge on any atom is 0.261 e. The minimum Gasteiger partial charge on any atom is -0.309 e. The van der Waals surface area contributed by atoms with Gasteiger partial charge in [0.05, 0.1) is 4.90 Å². The third-order valence-corrected chi connectivity index (χ3v) is 5.74. The van der Waals surface area contributed by atoms with Crippen LogP contribution >= 0.6 is 0 Å². The number of hydrogen-bond donors (Lipinski definition) is 1. The molecule has 3 aromatic carbocycles. The van der Waals surface area contributed by atoms with E-state index >= 15 is 0 Å². The van der Waals surface area contributed by atoms with E-state index in [-0.39, 0.29) is 10.8 Å². The molecule has 0 heterocycles. The Morgan fingerprint density at radius 1 is 0.893 bits per heavy atom. The number of nitrogens with zero attached hydrogens (tertiary/aromatic N) is 1. The molecule has 144 valence electrons. The van der Waals surface area contributed by atoms with Crippen LogP contribution in [-0.4, -0.2) is 20.9 Å². The molecule has 0 aliphatic rings. The summed E-state index contributed by atoms with van der Waals surface area (Å²) in [5.74, 6) is -0.177. The van der Waals surface area contributed by atoms with Crippen LogP contribution in [0, 0.1) is 6.92 Å². The second-order valence-corrected chi connectivity index (χ2v) is 8.06. The zero-order chi connectivity index (χ0) is 20.1. The molecule has 5 nitrogen and oxygen atoms in total. The Morgan fingerprint density at radius 2 is 1.50 bits per heavy atom. The van der Waals surface area contributed by atoms with Crippen molar-refractivity contribution in [3.05, 3.63) is 90.0 Å². The van der Waals surface area contributed by atoms with Crippen molar-refractivity contribution in [2.45, 2.75) is 18.7 Å². The summed E-state index contributed by atoms with van der Waals surface area (Å²) in [6, 6.07) is 22.4. The van der Waals surface area contributed by atoms with E-state index in [1.807, 2.05) is 56.3 Å². The van der Waals surface area contributed by atoms with Crippen molar-refractivity contribution in [3.63, 3.8) is 0 Å². The van der Waals surface area contributed by atoms with Crippen molar-refractivity contribution in [2.75, 3.05) is 16.2 Å². The highest BCUT2D eigenvalue weighted by Gasteiger charge is 2.18. The van der Waals surface area contributed by atoms with Gasteiger partial charge in [0.1, 0.15) is 0 Å². The van der Waals surface area contributed by atoms with Gasteiger partial charge in [0.15, 0.2) is 0 Å². The van der Waals surface area contributed by atoms with Crippen molar-refractivity contribution in [1.29, 1.82) is 0 Å². The second-order valence-electron chi connectivity index (χ2n) is 6.38. The summed E-state index contributed by atoms with van der Waals surface area (Å²) in [5, 5.41) is 0. The van der Waals surface area contributed by atoms with Gasteiger partial charge in [-0.25, -0.2) is 8.42 Å². The molecule has 0 fully saturated rings. The molecule has 0 aliphatic heterocycles. The number of carbonyl (C=O) groups excluding carboxylic acids is 1. The van der Waals surface area contributed by atoms with E-state index in [1.54, 1.807) is 17.0 Å². The number of aryl methyl sites for hydroxylation is 1. The van der Waals surface area contributed by atoms with Crippen molar-refractivity contribution in [3.8, 4) is 0 Å². The number of carbonyl (C=O) groups is 1. The second kappa shape index (κ2) is 8.27. The number of para-hydroxylation sites is 1. The Morgan fingerprint density at radius 3 is 2.07 bits per heavy atom. The molecule has 0 saturated carbocycles. The lowest BCUT2D eigenvalue weighted by atomic mass is 10.2. The summed E-state index contributed by atoms with van der Waals surface area (Å²) >= 11 is 0. The molecule has 0 saturated heterocycles. The fourth-order valence-corrected chi connectivity index (χ4v) is 3.88. The lowest BCUT2D eigenvalue weighted by molar-refractivity contribution is 0.0988. The highest BCUT2D eigenvalue weighted by molar-refractivity contribution is 7.92. The number of hydrogen-bond acceptors (Lipinski definition) is 3. The van der Waals surface area contributed by atoms with E-state index in [9.17, 15) is 13.2 Å². The molecule has 1 amide bonds. The minimum atomic E-state index is -3.72. The number of benzene rings is 3. The standard InChI is InChI=1S/C22H22N2O3S/c1-3-24(20-7-5-4-6-8-20)22(25)18-11-15-21(16-12-18)28(26,27)23-19-13-9-17(2)10-14-19/h4-16,23H,3H2,1-2H3. The molecule has 0 aromatic heterocycles. The molecule has 1 N–H and O–H groups in total. The first-order chi connectivity index (χ1) is 13.4. The van der Waals surface area contributed by atoms with E-state index in [0.717, 1.165) is 11.3 Å². The normalized spacial score (nSPS) is 11.1.